The fraction of sp³-hybridized carbons (Fsp3) is 0.600. The summed E-state index contributed by atoms with van der Waals surface area (Å²) in [6, 6.07) is 5.83. The Morgan fingerprint density at radius 3 is 2.53 bits per heavy atom. The van der Waals surface area contributed by atoms with E-state index in [1.807, 2.05) is 12.1 Å². The molecule has 0 spiro atoms. The van der Waals surface area contributed by atoms with Crippen LogP contribution >= 0.6 is 0 Å². The molecule has 1 N–H and O–H groups in total. The molecule has 1 aromatic rings. The minimum absolute atomic E-state index is 0.183. The first-order valence-corrected chi connectivity index (χ1v) is 6.77. The molecule has 1 heterocycles. The number of rotatable bonds is 3. The van der Waals surface area contributed by atoms with Crippen molar-refractivity contribution in [2.75, 3.05) is 20.2 Å². The van der Waals surface area contributed by atoms with Crippen LogP contribution in [0.15, 0.2) is 18.2 Å². The first-order chi connectivity index (χ1) is 9.01. The molecule has 19 heavy (non-hydrogen) atoms. The summed E-state index contributed by atoms with van der Waals surface area (Å²) in [6.45, 7) is 8.24. The molecule has 0 bridgehead atoms. The van der Waals surface area contributed by atoms with Crippen molar-refractivity contribution in [2.45, 2.75) is 39.0 Å². The van der Waals surface area contributed by atoms with Gasteiger partial charge >= 0.3 is 0 Å². The monoisotopic (exact) mass is 265 g/mol. The van der Waals surface area contributed by atoms with Crippen LogP contribution in [-0.4, -0.2) is 42.4 Å². The van der Waals surface area contributed by atoms with Crippen LogP contribution in [0.1, 0.15) is 32.4 Å². The summed E-state index contributed by atoms with van der Waals surface area (Å²) in [5.41, 5.74) is 1.15. The molecule has 4 heteroatoms. The van der Waals surface area contributed by atoms with Gasteiger partial charge < -0.3 is 14.6 Å². The van der Waals surface area contributed by atoms with Crippen LogP contribution in [0.5, 0.6) is 11.5 Å². The fourth-order valence-corrected chi connectivity index (χ4v) is 2.70. The summed E-state index contributed by atoms with van der Waals surface area (Å²) in [7, 11) is 1.57. The molecule has 1 aliphatic rings. The van der Waals surface area contributed by atoms with Crippen LogP contribution in [0.4, 0.5) is 0 Å². The lowest BCUT2D eigenvalue weighted by Gasteiger charge is -2.39. The highest BCUT2D eigenvalue weighted by Gasteiger charge is 2.26. The Labute approximate surface area is 114 Å². The van der Waals surface area contributed by atoms with Gasteiger partial charge in [-0.1, -0.05) is 6.07 Å². The second kappa shape index (κ2) is 5.80. The van der Waals surface area contributed by atoms with Crippen molar-refractivity contribution in [1.29, 1.82) is 0 Å². The molecule has 3 unspecified atom stereocenters. The average Bonchev–Trinajstić information content (AvgIpc) is 2.37. The van der Waals surface area contributed by atoms with Crippen LogP contribution in [0.2, 0.25) is 0 Å². The van der Waals surface area contributed by atoms with E-state index in [1.165, 1.54) is 0 Å². The number of hydrogen-bond acceptors (Lipinski definition) is 4. The summed E-state index contributed by atoms with van der Waals surface area (Å²) < 4.78 is 10.9. The summed E-state index contributed by atoms with van der Waals surface area (Å²) >= 11 is 0. The smallest absolute Gasteiger partial charge is 0.160 e. The molecule has 0 aliphatic carbocycles. The number of phenols is 1. The number of benzene rings is 1. The van der Waals surface area contributed by atoms with Gasteiger partial charge in [0.2, 0.25) is 0 Å². The number of hydrogen-bond donors (Lipinski definition) is 1. The van der Waals surface area contributed by atoms with Crippen molar-refractivity contribution in [3.8, 4) is 11.5 Å². The summed E-state index contributed by atoms with van der Waals surface area (Å²) in [6.07, 6.45) is 0.510. The molecule has 1 saturated heterocycles. The minimum Gasteiger partial charge on any atom is -0.504 e. The maximum atomic E-state index is 9.65. The molecule has 0 saturated carbocycles. The van der Waals surface area contributed by atoms with Gasteiger partial charge in [-0.15, -0.1) is 0 Å². The third-order valence-corrected chi connectivity index (χ3v) is 3.68. The second-order valence-corrected chi connectivity index (χ2v) is 5.32. The molecular formula is C15H23NO3. The Bertz CT molecular complexity index is 425. The lowest BCUT2D eigenvalue weighted by Crippen LogP contribution is -2.46. The summed E-state index contributed by atoms with van der Waals surface area (Å²) in [5.74, 6) is 0.709. The molecule has 1 aromatic carbocycles. The molecule has 1 aliphatic heterocycles. The van der Waals surface area contributed by atoms with Gasteiger partial charge in [-0.2, -0.15) is 0 Å². The van der Waals surface area contributed by atoms with E-state index in [1.54, 1.807) is 13.2 Å². The number of nitrogens with zero attached hydrogens (tertiary/aromatic N) is 1. The Morgan fingerprint density at radius 1 is 1.32 bits per heavy atom. The second-order valence-electron chi connectivity index (χ2n) is 5.32. The van der Waals surface area contributed by atoms with Crippen molar-refractivity contribution >= 4 is 0 Å². The van der Waals surface area contributed by atoms with E-state index in [-0.39, 0.29) is 24.0 Å². The van der Waals surface area contributed by atoms with Crippen molar-refractivity contribution in [3.63, 3.8) is 0 Å². The Morgan fingerprint density at radius 2 is 1.95 bits per heavy atom. The van der Waals surface area contributed by atoms with E-state index < -0.39 is 0 Å². The number of methoxy groups -OCH3 is 1. The van der Waals surface area contributed by atoms with Gasteiger partial charge in [-0.25, -0.2) is 0 Å². The maximum Gasteiger partial charge on any atom is 0.160 e. The minimum atomic E-state index is 0.183. The first kappa shape index (κ1) is 14.2. The van der Waals surface area contributed by atoms with Gasteiger partial charge in [0, 0.05) is 19.1 Å². The lowest BCUT2D eigenvalue weighted by molar-refractivity contribution is -0.0789. The largest absolute Gasteiger partial charge is 0.504 e. The predicted octanol–water partition coefficient (Wildman–Crippen LogP) is 2.57. The van der Waals surface area contributed by atoms with E-state index in [0.29, 0.717) is 5.75 Å². The highest BCUT2D eigenvalue weighted by Crippen LogP contribution is 2.32. The van der Waals surface area contributed by atoms with E-state index in [2.05, 4.69) is 25.7 Å². The SMILES string of the molecule is COc1cc(C(C)N2CC(C)OC(C)C2)ccc1O. The third-order valence-electron chi connectivity index (χ3n) is 3.68. The van der Waals surface area contributed by atoms with Crippen LogP contribution in [0.25, 0.3) is 0 Å². The van der Waals surface area contributed by atoms with E-state index >= 15 is 0 Å². The van der Waals surface area contributed by atoms with Crippen molar-refractivity contribution in [2.24, 2.45) is 0 Å². The topological polar surface area (TPSA) is 41.9 Å². The van der Waals surface area contributed by atoms with Crippen LogP contribution in [-0.2, 0) is 4.74 Å². The number of morpholine rings is 1. The Kier molecular flexibility index (Phi) is 4.32. The van der Waals surface area contributed by atoms with E-state index in [9.17, 15) is 5.11 Å². The van der Waals surface area contributed by atoms with Crippen LogP contribution in [0.3, 0.4) is 0 Å². The van der Waals surface area contributed by atoms with Crippen molar-refractivity contribution < 1.29 is 14.6 Å². The van der Waals surface area contributed by atoms with Crippen LogP contribution in [0, 0.1) is 0 Å². The zero-order valence-electron chi connectivity index (χ0n) is 12.1. The van der Waals surface area contributed by atoms with E-state index in [4.69, 9.17) is 9.47 Å². The maximum absolute atomic E-state index is 9.65. The molecule has 0 amide bonds. The third kappa shape index (κ3) is 3.19. The zero-order chi connectivity index (χ0) is 14.0. The molecule has 106 valence electrons. The quantitative estimate of drug-likeness (QED) is 0.912. The molecule has 0 aromatic heterocycles. The molecule has 2 rings (SSSR count). The first-order valence-electron chi connectivity index (χ1n) is 6.77. The van der Waals surface area contributed by atoms with Gasteiger partial charge in [0.25, 0.3) is 0 Å². The molecule has 1 fully saturated rings. The highest BCUT2D eigenvalue weighted by atomic mass is 16.5. The van der Waals surface area contributed by atoms with E-state index in [0.717, 1.165) is 18.7 Å². The molecular weight excluding hydrogens is 242 g/mol. The van der Waals surface area contributed by atoms with Gasteiger partial charge in [-0.05, 0) is 38.5 Å². The highest BCUT2D eigenvalue weighted by molar-refractivity contribution is 5.42. The number of ether oxygens (including phenoxy) is 2. The molecule has 3 atom stereocenters. The summed E-state index contributed by atoms with van der Waals surface area (Å²) in [5, 5.41) is 9.65. The van der Waals surface area contributed by atoms with Crippen molar-refractivity contribution in [1.82, 2.24) is 4.90 Å². The predicted molar refractivity (Wildman–Crippen MR) is 74.7 cm³/mol. The lowest BCUT2D eigenvalue weighted by atomic mass is 10.0. The summed E-state index contributed by atoms with van der Waals surface area (Å²) in [4.78, 5) is 2.41. The number of aromatic hydroxyl groups is 1. The van der Waals surface area contributed by atoms with Crippen LogP contribution < -0.4 is 4.74 Å². The standard InChI is InChI=1S/C15H23NO3/c1-10-8-16(9-11(2)19-10)12(3)13-5-6-14(17)15(7-13)18-4/h5-7,10-12,17H,8-9H2,1-4H3. The Hall–Kier alpha value is -1.26. The molecule has 4 nitrogen and oxygen atoms in total. The van der Waals surface area contributed by atoms with Gasteiger partial charge in [0.1, 0.15) is 0 Å². The number of phenolic OH excluding ortho intramolecular Hbond substituents is 1. The van der Waals surface area contributed by atoms with Gasteiger partial charge in [-0.3, -0.25) is 4.90 Å². The fourth-order valence-electron chi connectivity index (χ4n) is 2.70. The average molecular weight is 265 g/mol. The zero-order valence-corrected chi connectivity index (χ0v) is 12.1. The Balaban J connectivity index is 2.16. The van der Waals surface area contributed by atoms with Gasteiger partial charge in [0.05, 0.1) is 19.3 Å². The van der Waals surface area contributed by atoms with Crippen molar-refractivity contribution in [3.05, 3.63) is 23.8 Å². The van der Waals surface area contributed by atoms with Gasteiger partial charge in [0.15, 0.2) is 11.5 Å². The normalized spacial score (nSPS) is 26.1. The molecule has 0 radical (unpaired) electrons.